The van der Waals surface area contributed by atoms with Crippen LogP contribution in [-0.2, 0) is 6.42 Å². The number of nitrogens with zero attached hydrogens (tertiary/aromatic N) is 1. The molecule has 0 bridgehead atoms. The Hall–Kier alpha value is -2.85. The van der Waals surface area contributed by atoms with Crippen LogP contribution in [0.2, 0.25) is 0 Å². The molecule has 0 saturated heterocycles. The Morgan fingerprint density at radius 3 is 2.24 bits per heavy atom. The number of hydrogen-bond acceptors (Lipinski definition) is 1. The van der Waals surface area contributed by atoms with E-state index < -0.39 is 0 Å². The molecule has 33 heavy (non-hydrogen) atoms. The van der Waals surface area contributed by atoms with Crippen molar-refractivity contribution < 1.29 is 0 Å². The number of unbranched alkanes of at least 4 members (excludes halogenated alkanes) is 2. The molecule has 170 valence electrons. The SMILES string of the molecule is CCCCCC1CCC(CCc2ccc(-c3ccccc3)c(C#Cc3ccncc3)c2)CC1. The molecule has 1 aliphatic rings. The van der Waals surface area contributed by atoms with Gasteiger partial charge in [-0.05, 0) is 59.6 Å². The minimum absolute atomic E-state index is 0.896. The molecule has 4 rings (SSSR count). The van der Waals surface area contributed by atoms with Crippen molar-refractivity contribution in [2.75, 3.05) is 0 Å². The number of aryl methyl sites for hydroxylation is 1. The Labute approximate surface area is 200 Å². The molecule has 1 saturated carbocycles. The van der Waals surface area contributed by atoms with Crippen LogP contribution in [0.3, 0.4) is 0 Å². The Morgan fingerprint density at radius 1 is 0.788 bits per heavy atom. The largest absolute Gasteiger partial charge is 0.265 e. The van der Waals surface area contributed by atoms with Crippen LogP contribution < -0.4 is 0 Å². The lowest BCUT2D eigenvalue weighted by molar-refractivity contribution is 0.249. The molecule has 0 amide bonds. The molecule has 1 fully saturated rings. The average molecular weight is 436 g/mol. The van der Waals surface area contributed by atoms with E-state index in [-0.39, 0.29) is 0 Å². The summed E-state index contributed by atoms with van der Waals surface area (Å²) in [6.07, 6.45) is 17.5. The van der Waals surface area contributed by atoms with Crippen molar-refractivity contribution >= 4 is 0 Å². The van der Waals surface area contributed by atoms with Gasteiger partial charge in [-0.15, -0.1) is 0 Å². The molecule has 0 atom stereocenters. The molecule has 0 aliphatic heterocycles. The summed E-state index contributed by atoms with van der Waals surface area (Å²) in [5.41, 5.74) is 5.98. The molecule has 1 heteroatoms. The van der Waals surface area contributed by atoms with E-state index in [4.69, 9.17) is 0 Å². The zero-order valence-corrected chi connectivity index (χ0v) is 20.1. The number of benzene rings is 2. The van der Waals surface area contributed by atoms with Gasteiger partial charge >= 0.3 is 0 Å². The molecule has 1 nitrogen and oxygen atoms in total. The van der Waals surface area contributed by atoms with Gasteiger partial charge in [0.2, 0.25) is 0 Å². The third-order valence-electron chi connectivity index (χ3n) is 7.21. The van der Waals surface area contributed by atoms with Gasteiger partial charge in [0.25, 0.3) is 0 Å². The number of hydrogen-bond donors (Lipinski definition) is 0. The molecule has 1 heterocycles. The highest BCUT2D eigenvalue weighted by Gasteiger charge is 2.20. The topological polar surface area (TPSA) is 12.9 Å². The van der Waals surface area contributed by atoms with E-state index in [0.29, 0.717) is 0 Å². The minimum Gasteiger partial charge on any atom is -0.265 e. The average Bonchev–Trinajstić information content (AvgIpc) is 2.88. The van der Waals surface area contributed by atoms with E-state index in [1.807, 2.05) is 12.1 Å². The quantitative estimate of drug-likeness (QED) is 0.255. The summed E-state index contributed by atoms with van der Waals surface area (Å²) >= 11 is 0. The van der Waals surface area contributed by atoms with Gasteiger partial charge in [0, 0.05) is 23.5 Å². The van der Waals surface area contributed by atoms with Crippen LogP contribution in [0.25, 0.3) is 11.1 Å². The summed E-state index contributed by atoms with van der Waals surface area (Å²) in [5.74, 6) is 8.69. The van der Waals surface area contributed by atoms with Gasteiger partial charge in [0.1, 0.15) is 0 Å². The fourth-order valence-electron chi connectivity index (χ4n) is 5.16. The van der Waals surface area contributed by atoms with Gasteiger partial charge in [0.15, 0.2) is 0 Å². The van der Waals surface area contributed by atoms with Crippen LogP contribution in [0.5, 0.6) is 0 Å². The Morgan fingerprint density at radius 2 is 1.52 bits per heavy atom. The summed E-state index contributed by atoms with van der Waals surface area (Å²) in [5, 5.41) is 0. The van der Waals surface area contributed by atoms with Crippen molar-refractivity contribution in [2.45, 2.75) is 71.1 Å². The number of rotatable bonds is 8. The van der Waals surface area contributed by atoms with E-state index in [2.05, 4.69) is 72.3 Å². The fourth-order valence-corrected chi connectivity index (χ4v) is 5.16. The molecular weight excluding hydrogens is 398 g/mol. The Balaban J connectivity index is 1.42. The Bertz CT molecular complexity index is 1030. The summed E-state index contributed by atoms with van der Waals surface area (Å²) in [6, 6.07) is 21.5. The van der Waals surface area contributed by atoms with Gasteiger partial charge < -0.3 is 0 Å². The molecule has 0 unspecified atom stereocenters. The van der Waals surface area contributed by atoms with Crippen LogP contribution in [-0.4, -0.2) is 4.98 Å². The van der Waals surface area contributed by atoms with Gasteiger partial charge in [-0.1, -0.05) is 113 Å². The van der Waals surface area contributed by atoms with Gasteiger partial charge in [0.05, 0.1) is 0 Å². The summed E-state index contributed by atoms with van der Waals surface area (Å²) in [4.78, 5) is 4.10. The van der Waals surface area contributed by atoms with Crippen LogP contribution in [0.4, 0.5) is 0 Å². The lowest BCUT2D eigenvalue weighted by Crippen LogP contribution is -2.15. The maximum Gasteiger partial charge on any atom is 0.0330 e. The molecule has 0 spiro atoms. The second kappa shape index (κ2) is 12.4. The lowest BCUT2D eigenvalue weighted by Gasteiger charge is -2.28. The van der Waals surface area contributed by atoms with Crippen molar-refractivity contribution in [1.82, 2.24) is 4.98 Å². The molecule has 2 aromatic carbocycles. The number of aromatic nitrogens is 1. The van der Waals surface area contributed by atoms with Crippen molar-refractivity contribution in [3.05, 3.63) is 89.7 Å². The maximum absolute atomic E-state index is 4.10. The second-order valence-corrected chi connectivity index (χ2v) is 9.65. The van der Waals surface area contributed by atoms with Crippen molar-refractivity contribution in [1.29, 1.82) is 0 Å². The predicted molar refractivity (Wildman–Crippen MR) is 140 cm³/mol. The van der Waals surface area contributed by atoms with E-state index in [9.17, 15) is 0 Å². The van der Waals surface area contributed by atoms with Crippen LogP contribution >= 0.6 is 0 Å². The van der Waals surface area contributed by atoms with Crippen molar-refractivity contribution in [3.63, 3.8) is 0 Å². The molecule has 3 aromatic rings. The summed E-state index contributed by atoms with van der Waals surface area (Å²) in [7, 11) is 0. The van der Waals surface area contributed by atoms with Gasteiger partial charge in [-0.2, -0.15) is 0 Å². The fraction of sp³-hybridized carbons (Fsp3) is 0.406. The highest BCUT2D eigenvalue weighted by atomic mass is 14.6. The van der Waals surface area contributed by atoms with E-state index >= 15 is 0 Å². The van der Waals surface area contributed by atoms with Crippen molar-refractivity contribution in [3.8, 4) is 23.0 Å². The monoisotopic (exact) mass is 435 g/mol. The highest BCUT2D eigenvalue weighted by molar-refractivity contribution is 5.72. The molecule has 0 radical (unpaired) electrons. The van der Waals surface area contributed by atoms with E-state index in [0.717, 1.165) is 29.4 Å². The molecule has 1 aliphatic carbocycles. The molecule has 0 N–H and O–H groups in total. The molecular formula is C32H37N. The van der Waals surface area contributed by atoms with Gasteiger partial charge in [-0.25, -0.2) is 0 Å². The first kappa shape index (κ1) is 23.3. The zero-order valence-electron chi connectivity index (χ0n) is 20.1. The first-order chi connectivity index (χ1) is 16.3. The van der Waals surface area contributed by atoms with Crippen LogP contribution in [0.1, 0.15) is 81.4 Å². The predicted octanol–water partition coefficient (Wildman–Crippen LogP) is 8.47. The smallest absolute Gasteiger partial charge is 0.0330 e. The first-order valence-electron chi connectivity index (χ1n) is 12.9. The maximum atomic E-state index is 4.10. The van der Waals surface area contributed by atoms with Gasteiger partial charge in [-0.3, -0.25) is 4.98 Å². The number of pyridine rings is 1. The lowest BCUT2D eigenvalue weighted by atomic mass is 9.77. The highest BCUT2D eigenvalue weighted by Crippen LogP contribution is 2.34. The summed E-state index contributed by atoms with van der Waals surface area (Å²) in [6.45, 7) is 2.30. The van der Waals surface area contributed by atoms with E-state index in [1.54, 1.807) is 12.4 Å². The second-order valence-electron chi connectivity index (χ2n) is 9.65. The first-order valence-corrected chi connectivity index (χ1v) is 12.9. The zero-order chi connectivity index (χ0) is 22.7. The minimum atomic E-state index is 0.896. The Kier molecular flexibility index (Phi) is 8.76. The van der Waals surface area contributed by atoms with Crippen LogP contribution in [0.15, 0.2) is 73.1 Å². The third-order valence-corrected chi connectivity index (χ3v) is 7.21. The van der Waals surface area contributed by atoms with Crippen LogP contribution in [0, 0.1) is 23.7 Å². The standard InChI is InChI=1S/C32H37N/c1-2-3-5-8-26-11-13-27(14-12-26)15-16-29-18-20-32(30-9-6-4-7-10-30)31(25-29)19-17-28-21-23-33-24-22-28/h4,6-7,9-10,18,20-27H,2-3,5,8,11-16H2,1H3. The van der Waals surface area contributed by atoms with Crippen molar-refractivity contribution in [2.24, 2.45) is 11.8 Å². The van der Waals surface area contributed by atoms with E-state index in [1.165, 1.54) is 74.5 Å². The summed E-state index contributed by atoms with van der Waals surface area (Å²) < 4.78 is 0. The third kappa shape index (κ3) is 7.06. The molecule has 1 aromatic heterocycles. The normalized spacial score (nSPS) is 17.8.